The van der Waals surface area contributed by atoms with Gasteiger partial charge in [-0.25, -0.2) is 4.79 Å². The number of aliphatic hydroxyl groups excluding tert-OH is 2. The van der Waals surface area contributed by atoms with Gasteiger partial charge in [-0.2, -0.15) is 0 Å². The minimum Gasteiger partial charge on any atom is -0.462 e. The molecule has 0 spiro atoms. The maximum atomic E-state index is 12.4. The molecule has 4 N–H and O–H groups in total. The fraction of sp³-hybridized carbons (Fsp3) is 0.815. The van der Waals surface area contributed by atoms with Crippen molar-refractivity contribution >= 4 is 17.9 Å². The van der Waals surface area contributed by atoms with Crippen LogP contribution in [0, 0.1) is 28.6 Å². The molecular formula is C27H38O10. The van der Waals surface area contributed by atoms with Crippen molar-refractivity contribution in [2.24, 2.45) is 28.6 Å². The lowest BCUT2D eigenvalue weighted by molar-refractivity contribution is -0.318. The third-order valence-corrected chi connectivity index (χ3v) is 10.7. The number of ether oxygens (including phenoxy) is 3. The van der Waals surface area contributed by atoms with E-state index in [-0.39, 0.29) is 38.2 Å². The fourth-order valence-corrected chi connectivity index (χ4v) is 9.28. The van der Waals surface area contributed by atoms with Crippen LogP contribution in [-0.4, -0.2) is 81.1 Å². The molecule has 10 heteroatoms. The molecule has 206 valence electrons. The quantitative estimate of drug-likeness (QED) is 0.307. The molecule has 0 aromatic rings. The van der Waals surface area contributed by atoms with E-state index in [0.29, 0.717) is 19.3 Å². The second kappa shape index (κ2) is 8.76. The molecule has 0 aromatic carbocycles. The first-order valence-corrected chi connectivity index (χ1v) is 13.3. The molecule has 4 saturated carbocycles. The molecule has 37 heavy (non-hydrogen) atoms. The van der Waals surface area contributed by atoms with Crippen LogP contribution in [0.25, 0.3) is 0 Å². The van der Waals surface area contributed by atoms with Crippen molar-refractivity contribution in [1.29, 1.82) is 0 Å². The SMILES string of the molecule is CC(=O)O[C@H]1C[C@H](O)[C@]2(CO)[C@@H]3[C@@H](OC(C)=O)C[C@]4(C)[C@H](C5=CC(=O)OC5)CC[C@]4(O)[C@H]3CC[C@@]2(O)C1. The van der Waals surface area contributed by atoms with Crippen LogP contribution in [0.2, 0.25) is 0 Å². The Morgan fingerprint density at radius 3 is 2.41 bits per heavy atom. The monoisotopic (exact) mass is 522 g/mol. The first kappa shape index (κ1) is 26.6. The van der Waals surface area contributed by atoms with Gasteiger partial charge in [0.2, 0.25) is 0 Å². The Hall–Kier alpha value is -2.01. The van der Waals surface area contributed by atoms with Gasteiger partial charge in [0, 0.05) is 44.1 Å². The molecule has 0 aromatic heterocycles. The summed E-state index contributed by atoms with van der Waals surface area (Å²) < 4.78 is 16.4. The molecule has 10 atom stereocenters. The number of aliphatic hydroxyl groups is 4. The Morgan fingerprint density at radius 2 is 1.81 bits per heavy atom. The molecule has 10 nitrogen and oxygen atoms in total. The molecule has 1 heterocycles. The predicted molar refractivity (Wildman–Crippen MR) is 126 cm³/mol. The van der Waals surface area contributed by atoms with Gasteiger partial charge < -0.3 is 34.6 Å². The van der Waals surface area contributed by atoms with Crippen LogP contribution in [0.15, 0.2) is 11.6 Å². The molecule has 0 amide bonds. The van der Waals surface area contributed by atoms with Crippen molar-refractivity contribution in [3.63, 3.8) is 0 Å². The highest BCUT2D eigenvalue weighted by molar-refractivity contribution is 5.85. The minimum atomic E-state index is -1.60. The molecule has 1 aliphatic heterocycles. The normalized spacial score (nSPS) is 48.7. The van der Waals surface area contributed by atoms with E-state index in [4.69, 9.17) is 14.2 Å². The first-order chi connectivity index (χ1) is 17.3. The topological polar surface area (TPSA) is 160 Å². The van der Waals surface area contributed by atoms with Crippen LogP contribution < -0.4 is 0 Å². The Morgan fingerprint density at radius 1 is 1.11 bits per heavy atom. The van der Waals surface area contributed by atoms with Crippen molar-refractivity contribution in [3.05, 3.63) is 11.6 Å². The maximum absolute atomic E-state index is 12.4. The van der Waals surface area contributed by atoms with Crippen molar-refractivity contribution in [2.75, 3.05) is 13.2 Å². The zero-order valence-electron chi connectivity index (χ0n) is 21.6. The fourth-order valence-electron chi connectivity index (χ4n) is 9.28. The van der Waals surface area contributed by atoms with Gasteiger partial charge in [-0.3, -0.25) is 9.59 Å². The van der Waals surface area contributed by atoms with Crippen LogP contribution in [0.1, 0.15) is 65.7 Å². The summed E-state index contributed by atoms with van der Waals surface area (Å²) in [5.74, 6) is -2.86. The Bertz CT molecular complexity index is 1020. The summed E-state index contributed by atoms with van der Waals surface area (Å²) in [4.78, 5) is 35.8. The van der Waals surface area contributed by atoms with E-state index in [1.54, 1.807) is 0 Å². The highest BCUT2D eigenvalue weighted by Gasteiger charge is 2.76. The number of hydrogen-bond donors (Lipinski definition) is 4. The number of esters is 3. The Balaban J connectivity index is 1.59. The number of rotatable bonds is 4. The van der Waals surface area contributed by atoms with E-state index in [1.165, 1.54) is 19.9 Å². The molecule has 5 rings (SSSR count). The molecule has 4 aliphatic carbocycles. The second-order valence-corrected chi connectivity index (χ2v) is 12.2. The summed E-state index contributed by atoms with van der Waals surface area (Å²) >= 11 is 0. The van der Waals surface area contributed by atoms with Gasteiger partial charge >= 0.3 is 17.9 Å². The number of fused-ring (bicyclic) bond motifs is 5. The summed E-state index contributed by atoms with van der Waals surface area (Å²) in [6, 6.07) is 0. The number of carbonyl (C=O) groups is 3. The smallest absolute Gasteiger partial charge is 0.331 e. The van der Waals surface area contributed by atoms with Gasteiger partial charge in [0.05, 0.1) is 29.3 Å². The molecule has 5 aliphatic rings. The van der Waals surface area contributed by atoms with Crippen molar-refractivity contribution < 1.29 is 49.0 Å². The average molecular weight is 523 g/mol. The van der Waals surface area contributed by atoms with Crippen LogP contribution >= 0.6 is 0 Å². The predicted octanol–water partition coefficient (Wildman–Crippen LogP) is 0.775. The largest absolute Gasteiger partial charge is 0.462 e. The van der Waals surface area contributed by atoms with E-state index in [0.717, 1.165) is 5.57 Å². The summed E-state index contributed by atoms with van der Waals surface area (Å²) in [6.07, 6.45) is 0.567. The molecule has 0 radical (unpaired) electrons. The molecule has 4 fully saturated rings. The zero-order valence-corrected chi connectivity index (χ0v) is 21.6. The maximum Gasteiger partial charge on any atom is 0.331 e. The van der Waals surface area contributed by atoms with Gasteiger partial charge in [-0.05, 0) is 49.5 Å². The van der Waals surface area contributed by atoms with Gasteiger partial charge in [0.1, 0.15) is 18.8 Å². The lowest BCUT2D eigenvalue weighted by Crippen LogP contribution is -2.76. The zero-order chi connectivity index (χ0) is 27.0. The van der Waals surface area contributed by atoms with Crippen molar-refractivity contribution in [2.45, 2.75) is 95.2 Å². The lowest BCUT2D eigenvalue weighted by Gasteiger charge is -2.68. The molecule has 0 unspecified atom stereocenters. The first-order valence-electron chi connectivity index (χ1n) is 13.3. The minimum absolute atomic E-state index is 0.0170. The van der Waals surface area contributed by atoms with E-state index >= 15 is 0 Å². The van der Waals surface area contributed by atoms with E-state index in [1.807, 2.05) is 6.92 Å². The van der Waals surface area contributed by atoms with Crippen LogP contribution in [0.4, 0.5) is 0 Å². The van der Waals surface area contributed by atoms with Gasteiger partial charge in [0.25, 0.3) is 0 Å². The number of hydrogen-bond acceptors (Lipinski definition) is 10. The van der Waals surface area contributed by atoms with Crippen LogP contribution in [0.3, 0.4) is 0 Å². The van der Waals surface area contributed by atoms with E-state index in [2.05, 4.69) is 0 Å². The summed E-state index contributed by atoms with van der Waals surface area (Å²) in [5, 5.41) is 46.9. The Kier molecular flexibility index (Phi) is 6.29. The van der Waals surface area contributed by atoms with Crippen molar-refractivity contribution in [1.82, 2.24) is 0 Å². The van der Waals surface area contributed by atoms with E-state index in [9.17, 15) is 34.8 Å². The lowest BCUT2D eigenvalue weighted by atomic mass is 9.40. The highest BCUT2D eigenvalue weighted by Crippen LogP contribution is 2.71. The molecule has 0 saturated heterocycles. The van der Waals surface area contributed by atoms with Crippen LogP contribution in [0.5, 0.6) is 0 Å². The number of carbonyl (C=O) groups excluding carboxylic acids is 3. The van der Waals surface area contributed by atoms with Crippen LogP contribution in [-0.2, 0) is 28.6 Å². The standard InChI is InChI=1S/C27H38O10/c1-14(29)36-17-9-21(31)26(13-28)23-19(4-6-25(26,33)10-17)27(34)7-5-18(16-8-22(32)35-12-16)24(27,3)11-20(23)37-15(2)30/h8,17-21,23,28,31,33-34H,4-7,9-13H2,1-3H3/t17-,18-,19-,20-,21-,23-,24+,25+,26+,27-/m0/s1. The molecular weight excluding hydrogens is 484 g/mol. The molecule has 0 bridgehead atoms. The third kappa shape index (κ3) is 3.62. The average Bonchev–Trinajstić information content (AvgIpc) is 3.32. The second-order valence-electron chi connectivity index (χ2n) is 12.2. The summed E-state index contributed by atoms with van der Waals surface area (Å²) in [7, 11) is 0. The van der Waals surface area contributed by atoms with Gasteiger partial charge in [0.15, 0.2) is 0 Å². The van der Waals surface area contributed by atoms with Crippen molar-refractivity contribution in [3.8, 4) is 0 Å². The third-order valence-electron chi connectivity index (χ3n) is 10.7. The summed E-state index contributed by atoms with van der Waals surface area (Å²) in [6.45, 7) is 4.11. The number of cyclic esters (lactones) is 1. The van der Waals surface area contributed by atoms with Gasteiger partial charge in [-0.15, -0.1) is 0 Å². The summed E-state index contributed by atoms with van der Waals surface area (Å²) in [5.41, 5.74) is -4.29. The van der Waals surface area contributed by atoms with E-state index < -0.39 is 76.7 Å². The Labute approximate surface area is 216 Å². The highest BCUT2D eigenvalue weighted by atomic mass is 16.6. The van der Waals surface area contributed by atoms with Gasteiger partial charge in [-0.1, -0.05) is 6.92 Å².